The van der Waals surface area contributed by atoms with Crippen molar-refractivity contribution < 1.29 is 28.8 Å². The van der Waals surface area contributed by atoms with Gasteiger partial charge in [-0.05, 0) is 18.9 Å². The van der Waals surface area contributed by atoms with E-state index in [1.807, 2.05) is 6.92 Å². The first kappa shape index (κ1) is 20.8. The first-order chi connectivity index (χ1) is 13.2. The minimum Gasteiger partial charge on any atom is -0.490 e. The van der Waals surface area contributed by atoms with Gasteiger partial charge < -0.3 is 10.1 Å². The predicted octanol–water partition coefficient (Wildman–Crippen LogP) is 1.44. The molecule has 2 rings (SSSR count). The molecule has 0 atom stereocenters. The third kappa shape index (κ3) is 4.08. The Bertz CT molecular complexity index is 852. The smallest absolute Gasteiger partial charge is 0.334 e. The average Bonchev–Trinajstić information content (AvgIpc) is 2.84. The van der Waals surface area contributed by atoms with Crippen LogP contribution in [0.4, 0.5) is 16.2 Å². The van der Waals surface area contributed by atoms with Gasteiger partial charge in [0.2, 0.25) is 5.91 Å². The largest absolute Gasteiger partial charge is 0.490 e. The minimum atomic E-state index is -1.06. The Balaban J connectivity index is 2.14. The standard InChI is InChI=1S/C17H20N4O7/c1-4-5-6-19-15(23)16(24)20(17(19)25)9-14(22)18-11-8-13(28-3)12(21(26)27)7-10(11)2/h7-8H,4-6,9H2,1-3H3,(H,18,22). The van der Waals surface area contributed by atoms with Crippen LogP contribution in [-0.2, 0) is 14.4 Å². The van der Waals surface area contributed by atoms with Gasteiger partial charge in [0.15, 0.2) is 5.75 Å². The maximum Gasteiger partial charge on any atom is 0.334 e. The van der Waals surface area contributed by atoms with E-state index in [9.17, 15) is 29.3 Å². The van der Waals surface area contributed by atoms with Gasteiger partial charge in [0.25, 0.3) is 0 Å². The molecule has 0 unspecified atom stereocenters. The van der Waals surface area contributed by atoms with E-state index in [1.54, 1.807) is 6.92 Å². The number of unbranched alkanes of at least 4 members (excludes halogenated alkanes) is 1. The summed E-state index contributed by atoms with van der Waals surface area (Å²) in [6, 6.07) is 1.67. The minimum absolute atomic E-state index is 0.0554. The molecule has 1 saturated heterocycles. The van der Waals surface area contributed by atoms with Crippen LogP contribution in [0, 0.1) is 17.0 Å². The van der Waals surface area contributed by atoms with E-state index < -0.39 is 35.2 Å². The highest BCUT2D eigenvalue weighted by atomic mass is 16.6. The van der Waals surface area contributed by atoms with Gasteiger partial charge in [0, 0.05) is 24.4 Å². The number of imide groups is 2. The van der Waals surface area contributed by atoms with Gasteiger partial charge in [0.1, 0.15) is 6.54 Å². The summed E-state index contributed by atoms with van der Waals surface area (Å²) in [4.78, 5) is 60.3. The number of anilines is 1. The second-order valence-electron chi connectivity index (χ2n) is 6.13. The molecule has 0 aliphatic carbocycles. The summed E-state index contributed by atoms with van der Waals surface area (Å²) in [7, 11) is 1.25. The van der Waals surface area contributed by atoms with E-state index in [0.29, 0.717) is 16.9 Å². The monoisotopic (exact) mass is 392 g/mol. The lowest BCUT2D eigenvalue weighted by atomic mass is 10.1. The molecule has 11 heteroatoms. The molecular weight excluding hydrogens is 372 g/mol. The van der Waals surface area contributed by atoms with Crippen LogP contribution in [0.25, 0.3) is 0 Å². The van der Waals surface area contributed by atoms with Crippen molar-refractivity contribution in [1.29, 1.82) is 0 Å². The van der Waals surface area contributed by atoms with Gasteiger partial charge >= 0.3 is 23.5 Å². The van der Waals surface area contributed by atoms with Gasteiger partial charge in [-0.1, -0.05) is 13.3 Å². The van der Waals surface area contributed by atoms with Crippen molar-refractivity contribution in [3.63, 3.8) is 0 Å². The molecule has 0 saturated carbocycles. The summed E-state index contributed by atoms with van der Waals surface area (Å²) >= 11 is 0. The predicted molar refractivity (Wildman–Crippen MR) is 96.7 cm³/mol. The third-order valence-electron chi connectivity index (χ3n) is 4.17. The number of hydrogen-bond donors (Lipinski definition) is 1. The summed E-state index contributed by atoms with van der Waals surface area (Å²) in [6.45, 7) is 2.88. The number of carbonyl (C=O) groups is 4. The molecule has 0 spiro atoms. The van der Waals surface area contributed by atoms with E-state index >= 15 is 0 Å². The number of carbonyl (C=O) groups excluding carboxylic acids is 4. The first-order valence-corrected chi connectivity index (χ1v) is 8.51. The Kier molecular flexibility index (Phi) is 6.29. The molecule has 1 aromatic carbocycles. The maximum atomic E-state index is 12.3. The number of nitro benzene ring substituents is 1. The van der Waals surface area contributed by atoms with Crippen molar-refractivity contribution in [3.05, 3.63) is 27.8 Å². The number of ether oxygens (including phenoxy) is 1. The zero-order valence-electron chi connectivity index (χ0n) is 15.7. The number of amides is 5. The van der Waals surface area contributed by atoms with Crippen LogP contribution >= 0.6 is 0 Å². The molecule has 1 N–H and O–H groups in total. The second kappa shape index (κ2) is 8.46. The van der Waals surface area contributed by atoms with Gasteiger partial charge in [-0.25, -0.2) is 9.69 Å². The number of nitro groups is 1. The summed E-state index contributed by atoms with van der Waals surface area (Å²) in [5.74, 6) is -2.81. The van der Waals surface area contributed by atoms with Crippen molar-refractivity contribution in [2.45, 2.75) is 26.7 Å². The van der Waals surface area contributed by atoms with Crippen LogP contribution in [0.1, 0.15) is 25.3 Å². The number of nitrogens with one attached hydrogen (secondary N) is 1. The van der Waals surface area contributed by atoms with Crippen molar-refractivity contribution in [2.24, 2.45) is 0 Å². The molecule has 5 amide bonds. The highest BCUT2D eigenvalue weighted by Gasteiger charge is 2.44. The molecule has 11 nitrogen and oxygen atoms in total. The lowest BCUT2D eigenvalue weighted by Gasteiger charge is -2.16. The van der Waals surface area contributed by atoms with Crippen LogP contribution < -0.4 is 10.1 Å². The molecule has 28 heavy (non-hydrogen) atoms. The second-order valence-corrected chi connectivity index (χ2v) is 6.13. The molecule has 1 aliphatic rings. The number of rotatable bonds is 8. The molecular formula is C17H20N4O7. The van der Waals surface area contributed by atoms with E-state index in [2.05, 4.69) is 5.32 Å². The Hall–Kier alpha value is -3.50. The molecule has 0 radical (unpaired) electrons. The van der Waals surface area contributed by atoms with Crippen molar-refractivity contribution >= 4 is 35.1 Å². The van der Waals surface area contributed by atoms with E-state index in [1.165, 1.54) is 19.2 Å². The van der Waals surface area contributed by atoms with Gasteiger partial charge in [0.05, 0.1) is 12.0 Å². The molecule has 1 aromatic rings. The molecule has 1 heterocycles. The van der Waals surface area contributed by atoms with E-state index in [0.717, 1.165) is 11.3 Å². The number of benzene rings is 1. The SMILES string of the molecule is CCCCN1C(=O)C(=O)N(CC(=O)Nc2cc(OC)c([N+](=O)[O-])cc2C)C1=O. The highest BCUT2D eigenvalue weighted by molar-refractivity contribution is 6.45. The summed E-state index contributed by atoms with van der Waals surface area (Å²) < 4.78 is 4.95. The molecule has 150 valence electrons. The Morgan fingerprint density at radius 3 is 2.43 bits per heavy atom. The molecule has 1 fully saturated rings. The summed E-state index contributed by atoms with van der Waals surface area (Å²) in [5, 5.41) is 13.5. The van der Waals surface area contributed by atoms with Gasteiger partial charge in [-0.3, -0.25) is 29.4 Å². The fourth-order valence-corrected chi connectivity index (χ4v) is 2.65. The Labute approximate surface area is 160 Å². The number of aryl methyl sites for hydroxylation is 1. The maximum absolute atomic E-state index is 12.3. The van der Waals surface area contributed by atoms with E-state index in [4.69, 9.17) is 4.74 Å². The average molecular weight is 392 g/mol. The summed E-state index contributed by atoms with van der Waals surface area (Å²) in [5.41, 5.74) is 0.348. The fraction of sp³-hybridized carbons (Fsp3) is 0.412. The zero-order chi connectivity index (χ0) is 21.0. The normalized spacial score (nSPS) is 13.9. The third-order valence-corrected chi connectivity index (χ3v) is 4.17. The molecule has 0 aromatic heterocycles. The zero-order valence-corrected chi connectivity index (χ0v) is 15.7. The van der Waals surface area contributed by atoms with Crippen LogP contribution in [-0.4, -0.2) is 58.7 Å². The molecule has 1 aliphatic heterocycles. The van der Waals surface area contributed by atoms with Crippen LogP contribution in [0.3, 0.4) is 0 Å². The first-order valence-electron chi connectivity index (χ1n) is 8.51. The Morgan fingerprint density at radius 2 is 1.86 bits per heavy atom. The van der Waals surface area contributed by atoms with Crippen molar-refractivity contribution in [3.8, 4) is 5.75 Å². The van der Waals surface area contributed by atoms with Gasteiger partial charge in [-0.2, -0.15) is 0 Å². The molecule has 0 bridgehead atoms. The van der Waals surface area contributed by atoms with Crippen molar-refractivity contribution in [1.82, 2.24) is 9.80 Å². The number of hydrogen-bond acceptors (Lipinski definition) is 7. The van der Waals surface area contributed by atoms with Crippen LogP contribution in [0.2, 0.25) is 0 Å². The lowest BCUT2D eigenvalue weighted by molar-refractivity contribution is -0.385. The number of methoxy groups -OCH3 is 1. The van der Waals surface area contributed by atoms with E-state index in [-0.39, 0.29) is 23.7 Å². The lowest BCUT2D eigenvalue weighted by Crippen LogP contribution is -2.39. The van der Waals surface area contributed by atoms with Crippen LogP contribution in [0.15, 0.2) is 12.1 Å². The Morgan fingerprint density at radius 1 is 1.21 bits per heavy atom. The summed E-state index contributed by atoms with van der Waals surface area (Å²) in [6.07, 6.45) is 1.28. The van der Waals surface area contributed by atoms with Crippen molar-refractivity contribution in [2.75, 3.05) is 25.5 Å². The number of urea groups is 1. The number of nitrogens with zero attached hydrogens (tertiary/aromatic N) is 3. The van der Waals surface area contributed by atoms with Crippen LogP contribution in [0.5, 0.6) is 5.75 Å². The highest BCUT2D eigenvalue weighted by Crippen LogP contribution is 2.32. The van der Waals surface area contributed by atoms with Gasteiger partial charge in [-0.15, -0.1) is 0 Å². The fourth-order valence-electron chi connectivity index (χ4n) is 2.65. The quantitative estimate of drug-likeness (QED) is 0.305. The topological polar surface area (TPSA) is 139 Å².